The van der Waals surface area contributed by atoms with Crippen molar-refractivity contribution in [2.45, 2.75) is 31.6 Å². The molecule has 2 amide bonds. The van der Waals surface area contributed by atoms with Gasteiger partial charge in [-0.2, -0.15) is 0 Å². The molecule has 0 N–H and O–H groups in total. The first-order valence-electron chi connectivity index (χ1n) is 9.10. The third-order valence-electron chi connectivity index (χ3n) is 5.34. The van der Waals surface area contributed by atoms with Crippen molar-refractivity contribution in [2.24, 2.45) is 0 Å². The lowest BCUT2D eigenvalue weighted by Gasteiger charge is -2.39. The number of hydrogen-bond acceptors (Lipinski definition) is 5. The van der Waals surface area contributed by atoms with Crippen LogP contribution in [0.2, 0.25) is 0 Å². The van der Waals surface area contributed by atoms with E-state index in [0.717, 1.165) is 5.56 Å². The summed E-state index contributed by atoms with van der Waals surface area (Å²) in [7, 11) is 0. The summed E-state index contributed by atoms with van der Waals surface area (Å²) in [5.41, 5.74) is 1.69. The van der Waals surface area contributed by atoms with Crippen LogP contribution in [0.5, 0.6) is 0 Å². The van der Waals surface area contributed by atoms with E-state index in [1.165, 1.54) is 0 Å². The maximum atomic E-state index is 13.1. The van der Waals surface area contributed by atoms with Crippen LogP contribution in [-0.2, 0) is 14.3 Å². The van der Waals surface area contributed by atoms with E-state index in [-0.39, 0.29) is 17.9 Å². The second-order valence-corrected chi connectivity index (χ2v) is 8.09. The molecule has 3 heterocycles. The molecule has 0 saturated carbocycles. The Morgan fingerprint density at radius 3 is 2.62 bits per heavy atom. The smallest absolute Gasteiger partial charge is 0.255 e. The summed E-state index contributed by atoms with van der Waals surface area (Å²) >= 11 is 1.64. The molecule has 0 radical (unpaired) electrons. The second-order valence-electron chi connectivity index (χ2n) is 7.09. The van der Waals surface area contributed by atoms with Gasteiger partial charge in [0.05, 0.1) is 19.1 Å². The van der Waals surface area contributed by atoms with Gasteiger partial charge in [-0.1, -0.05) is 17.7 Å². The zero-order valence-electron chi connectivity index (χ0n) is 15.0. The maximum Gasteiger partial charge on any atom is 0.255 e. The van der Waals surface area contributed by atoms with Crippen LogP contribution in [-0.4, -0.2) is 71.4 Å². The van der Waals surface area contributed by atoms with Crippen LogP contribution in [0.4, 0.5) is 0 Å². The number of hydrogen-bond donors (Lipinski definition) is 0. The van der Waals surface area contributed by atoms with Crippen molar-refractivity contribution in [3.8, 4) is 0 Å². The topological polar surface area (TPSA) is 59.1 Å². The van der Waals surface area contributed by atoms with Crippen LogP contribution in [0.1, 0.15) is 28.8 Å². The van der Waals surface area contributed by atoms with Crippen LogP contribution in [0, 0.1) is 6.92 Å². The van der Waals surface area contributed by atoms with Gasteiger partial charge in [0.2, 0.25) is 5.91 Å². The highest BCUT2D eigenvalue weighted by atomic mass is 32.2. The Bertz CT molecular complexity index is 695. The van der Waals surface area contributed by atoms with E-state index in [0.29, 0.717) is 56.3 Å². The first-order chi connectivity index (χ1) is 12.6. The van der Waals surface area contributed by atoms with E-state index >= 15 is 0 Å². The molecule has 3 fully saturated rings. The summed E-state index contributed by atoms with van der Waals surface area (Å²) in [4.78, 5) is 29.5. The summed E-state index contributed by atoms with van der Waals surface area (Å²) < 4.78 is 11.5. The minimum absolute atomic E-state index is 0.0452. The van der Waals surface area contributed by atoms with Gasteiger partial charge in [-0.3, -0.25) is 9.59 Å². The minimum atomic E-state index is -0.488. The van der Waals surface area contributed by atoms with Crippen molar-refractivity contribution >= 4 is 23.6 Å². The zero-order valence-corrected chi connectivity index (χ0v) is 15.8. The van der Waals surface area contributed by atoms with Crippen molar-refractivity contribution in [1.29, 1.82) is 0 Å². The predicted octanol–water partition coefficient (Wildman–Crippen LogP) is 1.88. The molecule has 3 saturated heterocycles. The third-order valence-corrected chi connectivity index (χ3v) is 6.36. The van der Waals surface area contributed by atoms with E-state index in [1.807, 2.05) is 36.1 Å². The van der Waals surface area contributed by atoms with Crippen molar-refractivity contribution in [1.82, 2.24) is 9.80 Å². The SMILES string of the molecule is Cc1cccc(C(=O)N2CSCC2C(=O)N2CCC3(CC2)OCCO3)c1. The molecule has 6 nitrogen and oxygen atoms in total. The fourth-order valence-corrected chi connectivity index (χ4v) is 5.00. The van der Waals surface area contributed by atoms with Gasteiger partial charge in [0.25, 0.3) is 5.91 Å². The standard InChI is InChI=1S/C19H24N2O4S/c1-14-3-2-4-15(11-14)17(22)21-13-26-12-16(21)18(23)20-7-5-19(6-8-20)24-9-10-25-19/h2-4,11,16H,5-10,12-13H2,1H3. The Kier molecular flexibility index (Phi) is 4.94. The zero-order chi connectivity index (χ0) is 18.1. The maximum absolute atomic E-state index is 13.1. The number of likely N-dealkylation sites (tertiary alicyclic amines) is 1. The molecule has 0 aromatic heterocycles. The third kappa shape index (κ3) is 3.35. The van der Waals surface area contributed by atoms with E-state index in [1.54, 1.807) is 16.7 Å². The minimum Gasteiger partial charge on any atom is -0.347 e. The van der Waals surface area contributed by atoms with E-state index in [4.69, 9.17) is 9.47 Å². The van der Waals surface area contributed by atoms with Crippen molar-refractivity contribution < 1.29 is 19.1 Å². The average molecular weight is 376 g/mol. The van der Waals surface area contributed by atoms with Crippen molar-refractivity contribution in [3.05, 3.63) is 35.4 Å². The monoisotopic (exact) mass is 376 g/mol. The molecule has 26 heavy (non-hydrogen) atoms. The van der Waals surface area contributed by atoms with Crippen molar-refractivity contribution in [3.63, 3.8) is 0 Å². The molecule has 1 unspecified atom stereocenters. The number of thioether (sulfide) groups is 1. The lowest BCUT2D eigenvalue weighted by Crippen LogP contribution is -2.54. The molecule has 140 valence electrons. The number of rotatable bonds is 2. The Morgan fingerprint density at radius 2 is 1.92 bits per heavy atom. The number of carbonyl (C=O) groups is 2. The van der Waals surface area contributed by atoms with Gasteiger partial charge < -0.3 is 19.3 Å². The van der Waals surface area contributed by atoms with Gasteiger partial charge in [-0.15, -0.1) is 11.8 Å². The van der Waals surface area contributed by atoms with Crippen LogP contribution in [0.15, 0.2) is 24.3 Å². The Labute approximate surface area is 157 Å². The fourth-order valence-electron chi connectivity index (χ4n) is 3.86. The van der Waals surface area contributed by atoms with Gasteiger partial charge >= 0.3 is 0 Å². The molecule has 0 bridgehead atoms. The van der Waals surface area contributed by atoms with Crippen LogP contribution >= 0.6 is 11.8 Å². The number of aryl methyl sites for hydroxylation is 1. The molecule has 4 rings (SSSR count). The first-order valence-corrected chi connectivity index (χ1v) is 10.3. The summed E-state index contributed by atoms with van der Waals surface area (Å²) in [5, 5.41) is 0. The molecule has 3 aliphatic rings. The number of carbonyl (C=O) groups excluding carboxylic acids is 2. The van der Waals surface area contributed by atoms with E-state index < -0.39 is 5.79 Å². The first kappa shape index (κ1) is 17.8. The quantitative estimate of drug-likeness (QED) is 0.789. The van der Waals surface area contributed by atoms with Gasteiger partial charge in [0.1, 0.15) is 6.04 Å². The highest BCUT2D eigenvalue weighted by Gasteiger charge is 2.43. The molecular weight excluding hydrogens is 352 g/mol. The van der Waals surface area contributed by atoms with Gasteiger partial charge in [0, 0.05) is 37.2 Å². The van der Waals surface area contributed by atoms with Crippen LogP contribution in [0.25, 0.3) is 0 Å². The highest BCUT2D eigenvalue weighted by Crippen LogP contribution is 2.32. The lowest BCUT2D eigenvalue weighted by molar-refractivity contribution is -0.188. The van der Waals surface area contributed by atoms with E-state index in [9.17, 15) is 9.59 Å². The summed E-state index contributed by atoms with van der Waals surface area (Å²) in [6, 6.07) is 7.17. The number of amides is 2. The van der Waals surface area contributed by atoms with E-state index in [2.05, 4.69) is 0 Å². The molecule has 3 aliphatic heterocycles. The molecule has 1 aromatic rings. The number of piperidine rings is 1. The average Bonchev–Trinajstić information content (AvgIpc) is 3.31. The molecule has 7 heteroatoms. The van der Waals surface area contributed by atoms with Gasteiger partial charge in [-0.05, 0) is 19.1 Å². The van der Waals surface area contributed by atoms with Gasteiger partial charge in [-0.25, -0.2) is 0 Å². The normalized spacial score (nSPS) is 25.0. The molecule has 1 spiro atoms. The number of nitrogens with zero attached hydrogens (tertiary/aromatic N) is 2. The molecule has 0 aliphatic carbocycles. The Hall–Kier alpha value is -1.57. The van der Waals surface area contributed by atoms with Gasteiger partial charge in [0.15, 0.2) is 5.79 Å². The Morgan fingerprint density at radius 1 is 1.19 bits per heavy atom. The lowest BCUT2D eigenvalue weighted by atomic mass is 10.0. The molecule has 1 aromatic carbocycles. The number of ether oxygens (including phenoxy) is 2. The summed E-state index contributed by atoms with van der Waals surface area (Å²) in [6.45, 7) is 4.46. The summed E-state index contributed by atoms with van der Waals surface area (Å²) in [5.74, 6) is 0.716. The molecule has 1 atom stereocenters. The predicted molar refractivity (Wildman–Crippen MR) is 98.9 cm³/mol. The second kappa shape index (κ2) is 7.21. The fraction of sp³-hybridized carbons (Fsp3) is 0.579. The highest BCUT2D eigenvalue weighted by molar-refractivity contribution is 7.99. The van der Waals surface area contributed by atoms with Crippen LogP contribution in [0.3, 0.4) is 0 Å². The van der Waals surface area contributed by atoms with Crippen LogP contribution < -0.4 is 0 Å². The number of benzene rings is 1. The summed E-state index contributed by atoms with van der Waals surface area (Å²) in [6.07, 6.45) is 1.40. The Balaban J connectivity index is 1.43. The van der Waals surface area contributed by atoms with Crippen molar-refractivity contribution in [2.75, 3.05) is 37.9 Å². The molecular formula is C19H24N2O4S. The largest absolute Gasteiger partial charge is 0.347 e.